The highest BCUT2D eigenvalue weighted by molar-refractivity contribution is 7.90. The van der Waals surface area contributed by atoms with Gasteiger partial charge < -0.3 is 10.3 Å². The smallest absolute Gasteiger partial charge is 0.251 e. The van der Waals surface area contributed by atoms with Gasteiger partial charge in [0, 0.05) is 30.6 Å². The Balaban J connectivity index is 2.03. The molecule has 2 rings (SSSR count). The van der Waals surface area contributed by atoms with Crippen LogP contribution in [0.1, 0.15) is 15.9 Å². The van der Waals surface area contributed by atoms with Crippen LogP contribution in [-0.2, 0) is 16.4 Å². The number of carbonyl (C=O) groups excluding carboxylic acids is 1. The highest BCUT2D eigenvalue weighted by Crippen LogP contribution is 2.10. The summed E-state index contributed by atoms with van der Waals surface area (Å²) in [7, 11) is -3.22. The van der Waals surface area contributed by atoms with Gasteiger partial charge in [0.25, 0.3) is 5.91 Å². The van der Waals surface area contributed by atoms with Crippen LogP contribution in [0.5, 0.6) is 0 Å². The summed E-state index contributed by atoms with van der Waals surface area (Å²) in [4.78, 5) is 25.6. The van der Waals surface area contributed by atoms with Crippen molar-refractivity contribution in [2.24, 2.45) is 0 Å². The lowest BCUT2D eigenvalue weighted by Gasteiger charge is -2.06. The summed E-state index contributed by atoms with van der Waals surface area (Å²) < 4.78 is 22.6. The molecule has 1 aromatic heterocycles. The van der Waals surface area contributed by atoms with Crippen LogP contribution in [0.15, 0.2) is 52.3 Å². The molecule has 110 valence electrons. The van der Waals surface area contributed by atoms with Gasteiger partial charge in [0.15, 0.2) is 9.84 Å². The lowest BCUT2D eigenvalue weighted by atomic mass is 10.2. The molecule has 0 aliphatic heterocycles. The van der Waals surface area contributed by atoms with Crippen molar-refractivity contribution in [2.45, 2.75) is 11.4 Å². The number of H-pyrrole nitrogens is 1. The summed E-state index contributed by atoms with van der Waals surface area (Å²) in [6.07, 6.45) is 2.54. The Kier molecular flexibility index (Phi) is 4.23. The zero-order valence-electron chi connectivity index (χ0n) is 11.3. The molecule has 0 bridgehead atoms. The summed E-state index contributed by atoms with van der Waals surface area (Å²) in [5, 5.41) is 2.66. The molecule has 2 aromatic rings. The zero-order valence-corrected chi connectivity index (χ0v) is 12.1. The Hall–Kier alpha value is -2.41. The predicted molar refractivity (Wildman–Crippen MR) is 77.8 cm³/mol. The first kappa shape index (κ1) is 15.0. The number of pyridine rings is 1. The topological polar surface area (TPSA) is 96.1 Å². The largest absolute Gasteiger partial charge is 0.348 e. The van der Waals surface area contributed by atoms with Gasteiger partial charge in [-0.2, -0.15) is 0 Å². The molecule has 1 aromatic carbocycles. The van der Waals surface area contributed by atoms with Crippen molar-refractivity contribution in [2.75, 3.05) is 6.26 Å². The van der Waals surface area contributed by atoms with Gasteiger partial charge in [-0.25, -0.2) is 8.42 Å². The van der Waals surface area contributed by atoms with Gasteiger partial charge in [0.1, 0.15) is 0 Å². The Morgan fingerprint density at radius 2 is 1.86 bits per heavy atom. The van der Waals surface area contributed by atoms with E-state index in [0.717, 1.165) is 11.8 Å². The average molecular weight is 306 g/mol. The highest BCUT2D eigenvalue weighted by Gasteiger charge is 2.08. The molecular weight excluding hydrogens is 292 g/mol. The van der Waals surface area contributed by atoms with Gasteiger partial charge in [0.05, 0.1) is 4.90 Å². The first-order chi connectivity index (χ1) is 9.86. The van der Waals surface area contributed by atoms with Crippen molar-refractivity contribution in [1.29, 1.82) is 0 Å². The molecule has 7 heteroatoms. The standard InChI is InChI=1S/C14H14N2O4S/c1-21(19,20)12-4-2-10(3-5-12)9-16-14(18)11-6-7-15-13(17)8-11/h2-8H,9H2,1H3,(H,15,17)(H,16,18). The van der Waals surface area contributed by atoms with E-state index in [1.165, 1.54) is 30.5 Å². The minimum absolute atomic E-state index is 0.229. The Labute approximate surface area is 121 Å². The molecule has 1 amide bonds. The fourth-order valence-corrected chi connectivity index (χ4v) is 2.36. The fraction of sp³-hybridized carbons (Fsp3) is 0.143. The molecule has 0 aliphatic rings. The molecule has 2 N–H and O–H groups in total. The van der Waals surface area contributed by atoms with Crippen LogP contribution in [0.4, 0.5) is 0 Å². The molecule has 0 radical (unpaired) electrons. The number of rotatable bonds is 4. The molecule has 21 heavy (non-hydrogen) atoms. The third kappa shape index (κ3) is 4.03. The predicted octanol–water partition coefficient (Wildman–Crippen LogP) is 0.708. The monoisotopic (exact) mass is 306 g/mol. The molecular formula is C14H14N2O4S. The van der Waals surface area contributed by atoms with Gasteiger partial charge in [0.2, 0.25) is 5.56 Å². The second kappa shape index (κ2) is 5.92. The van der Waals surface area contributed by atoms with E-state index in [0.29, 0.717) is 0 Å². The van der Waals surface area contributed by atoms with E-state index in [9.17, 15) is 18.0 Å². The molecule has 0 saturated carbocycles. The highest BCUT2D eigenvalue weighted by atomic mass is 32.2. The van der Waals surface area contributed by atoms with E-state index in [1.807, 2.05) is 0 Å². The van der Waals surface area contributed by atoms with E-state index < -0.39 is 9.84 Å². The zero-order chi connectivity index (χ0) is 15.5. The number of aromatic amines is 1. The van der Waals surface area contributed by atoms with E-state index in [2.05, 4.69) is 10.3 Å². The molecule has 0 atom stereocenters. The maximum Gasteiger partial charge on any atom is 0.251 e. The van der Waals surface area contributed by atoms with Gasteiger partial charge in [-0.05, 0) is 23.8 Å². The SMILES string of the molecule is CS(=O)(=O)c1ccc(CNC(=O)c2cc[nH]c(=O)c2)cc1. The van der Waals surface area contributed by atoms with Crippen LogP contribution < -0.4 is 10.9 Å². The van der Waals surface area contributed by atoms with E-state index in [1.54, 1.807) is 12.1 Å². The minimum Gasteiger partial charge on any atom is -0.348 e. The van der Waals surface area contributed by atoms with Crippen LogP contribution in [0.3, 0.4) is 0 Å². The Morgan fingerprint density at radius 3 is 2.43 bits per heavy atom. The van der Waals surface area contributed by atoms with Crippen LogP contribution in [0, 0.1) is 0 Å². The lowest BCUT2D eigenvalue weighted by molar-refractivity contribution is 0.0950. The molecule has 0 spiro atoms. The molecule has 0 fully saturated rings. The number of benzene rings is 1. The number of aromatic nitrogens is 1. The summed E-state index contributed by atoms with van der Waals surface area (Å²) in [5.41, 5.74) is 0.687. The lowest BCUT2D eigenvalue weighted by Crippen LogP contribution is -2.24. The summed E-state index contributed by atoms with van der Waals surface area (Å²) in [6, 6.07) is 8.96. The van der Waals surface area contributed by atoms with Crippen LogP contribution in [0.25, 0.3) is 0 Å². The van der Waals surface area contributed by atoms with Crippen molar-refractivity contribution >= 4 is 15.7 Å². The van der Waals surface area contributed by atoms with Crippen LogP contribution in [0.2, 0.25) is 0 Å². The Bertz CT molecular complexity index is 807. The summed E-state index contributed by atoms with van der Waals surface area (Å²) >= 11 is 0. The average Bonchev–Trinajstić information content (AvgIpc) is 2.44. The number of hydrogen-bond donors (Lipinski definition) is 2. The van der Waals surface area contributed by atoms with E-state index >= 15 is 0 Å². The quantitative estimate of drug-likeness (QED) is 0.869. The van der Waals surface area contributed by atoms with E-state index in [-0.39, 0.29) is 28.5 Å². The maximum absolute atomic E-state index is 11.8. The van der Waals surface area contributed by atoms with Crippen molar-refractivity contribution in [3.05, 3.63) is 64.1 Å². The third-order valence-electron chi connectivity index (χ3n) is 2.84. The third-order valence-corrected chi connectivity index (χ3v) is 3.97. The van der Waals surface area contributed by atoms with Gasteiger partial charge in [-0.15, -0.1) is 0 Å². The second-order valence-electron chi connectivity index (χ2n) is 4.54. The van der Waals surface area contributed by atoms with Crippen LogP contribution >= 0.6 is 0 Å². The number of nitrogens with one attached hydrogen (secondary N) is 2. The van der Waals surface area contributed by atoms with Crippen molar-refractivity contribution in [3.63, 3.8) is 0 Å². The number of hydrogen-bond acceptors (Lipinski definition) is 4. The fourth-order valence-electron chi connectivity index (χ4n) is 1.72. The first-order valence-electron chi connectivity index (χ1n) is 6.12. The Morgan fingerprint density at radius 1 is 1.19 bits per heavy atom. The molecule has 0 aliphatic carbocycles. The number of carbonyl (C=O) groups is 1. The number of amides is 1. The summed E-state index contributed by atoms with van der Waals surface area (Å²) in [6.45, 7) is 0.246. The second-order valence-corrected chi connectivity index (χ2v) is 6.56. The first-order valence-corrected chi connectivity index (χ1v) is 8.01. The van der Waals surface area contributed by atoms with Gasteiger partial charge in [-0.3, -0.25) is 9.59 Å². The van der Waals surface area contributed by atoms with E-state index in [4.69, 9.17) is 0 Å². The van der Waals surface area contributed by atoms with Gasteiger partial charge in [-0.1, -0.05) is 12.1 Å². The number of sulfone groups is 1. The molecule has 6 nitrogen and oxygen atoms in total. The van der Waals surface area contributed by atoms with Gasteiger partial charge >= 0.3 is 0 Å². The van der Waals surface area contributed by atoms with Crippen LogP contribution in [-0.4, -0.2) is 25.6 Å². The molecule has 0 saturated heterocycles. The maximum atomic E-state index is 11.8. The molecule has 1 heterocycles. The normalized spacial score (nSPS) is 11.1. The van der Waals surface area contributed by atoms with Crippen molar-refractivity contribution in [3.8, 4) is 0 Å². The minimum atomic E-state index is -3.22. The van der Waals surface area contributed by atoms with Crippen molar-refractivity contribution in [1.82, 2.24) is 10.3 Å². The summed E-state index contributed by atoms with van der Waals surface area (Å²) in [5.74, 6) is -0.367. The molecule has 0 unspecified atom stereocenters. The van der Waals surface area contributed by atoms with Crippen molar-refractivity contribution < 1.29 is 13.2 Å².